The molecule has 0 aromatic heterocycles. The van der Waals surface area contributed by atoms with Crippen molar-refractivity contribution in [2.75, 3.05) is 44.6 Å². The van der Waals surface area contributed by atoms with Crippen molar-refractivity contribution in [3.05, 3.63) is 30.1 Å². The van der Waals surface area contributed by atoms with Gasteiger partial charge in [0.2, 0.25) is 5.91 Å². The van der Waals surface area contributed by atoms with Gasteiger partial charge in [-0.05, 0) is 55.9 Å². The summed E-state index contributed by atoms with van der Waals surface area (Å²) in [6, 6.07) is 5.44. The summed E-state index contributed by atoms with van der Waals surface area (Å²) in [5.74, 6) is 0.151. The standard InChI is InChI=1S/C23H33FN4O3/c24-18-7-9-19(10-8-18)26-23(30)28-13-11-27(12-14-28)21(17-4-1-2-5-17)22(29)25-16-20-6-3-15-31-20/h7-10,17,20-21H,1-6,11-16H2,(H,25,29)(H,26,30)/t20-,21-/m1/s1. The Hall–Kier alpha value is -2.19. The highest BCUT2D eigenvalue weighted by Crippen LogP contribution is 2.31. The van der Waals surface area contributed by atoms with E-state index >= 15 is 0 Å². The van der Waals surface area contributed by atoms with Gasteiger partial charge < -0.3 is 20.3 Å². The van der Waals surface area contributed by atoms with Crippen LogP contribution in [0.1, 0.15) is 38.5 Å². The van der Waals surface area contributed by atoms with Gasteiger partial charge in [0, 0.05) is 45.0 Å². The summed E-state index contributed by atoms with van der Waals surface area (Å²) in [6.45, 7) is 3.85. The lowest BCUT2D eigenvalue weighted by Crippen LogP contribution is -2.58. The lowest BCUT2D eigenvalue weighted by atomic mass is 9.95. The number of benzene rings is 1. The first-order valence-electron chi connectivity index (χ1n) is 11.5. The van der Waals surface area contributed by atoms with Crippen LogP contribution in [0.15, 0.2) is 24.3 Å². The average Bonchev–Trinajstić information content (AvgIpc) is 3.49. The number of rotatable bonds is 6. The molecule has 2 N–H and O–H groups in total. The van der Waals surface area contributed by atoms with Crippen LogP contribution >= 0.6 is 0 Å². The first-order valence-corrected chi connectivity index (χ1v) is 11.5. The maximum Gasteiger partial charge on any atom is 0.321 e. The number of hydrogen-bond donors (Lipinski definition) is 2. The lowest BCUT2D eigenvalue weighted by Gasteiger charge is -2.40. The molecule has 3 fully saturated rings. The number of ether oxygens (including phenoxy) is 1. The van der Waals surface area contributed by atoms with Crippen LogP contribution in [0.3, 0.4) is 0 Å². The number of anilines is 1. The van der Waals surface area contributed by atoms with E-state index in [4.69, 9.17) is 4.74 Å². The fourth-order valence-corrected chi connectivity index (χ4v) is 5.01. The third kappa shape index (κ3) is 5.74. The van der Waals surface area contributed by atoms with Crippen LogP contribution in [0, 0.1) is 11.7 Å². The van der Waals surface area contributed by atoms with Gasteiger partial charge in [-0.2, -0.15) is 0 Å². The van der Waals surface area contributed by atoms with Gasteiger partial charge in [0.15, 0.2) is 0 Å². The largest absolute Gasteiger partial charge is 0.376 e. The van der Waals surface area contributed by atoms with Crippen molar-refractivity contribution in [3.8, 4) is 0 Å². The quantitative estimate of drug-likeness (QED) is 0.725. The predicted octanol–water partition coefficient (Wildman–Crippen LogP) is 2.83. The van der Waals surface area contributed by atoms with Gasteiger partial charge >= 0.3 is 6.03 Å². The molecule has 3 aliphatic rings. The molecule has 2 atom stereocenters. The normalized spacial score (nSPS) is 23.6. The highest BCUT2D eigenvalue weighted by molar-refractivity contribution is 5.89. The zero-order valence-corrected chi connectivity index (χ0v) is 18.0. The number of halogens is 1. The molecule has 0 unspecified atom stereocenters. The maximum atomic E-state index is 13.1. The molecule has 1 aliphatic carbocycles. The van der Waals surface area contributed by atoms with Crippen molar-refractivity contribution >= 4 is 17.6 Å². The fraction of sp³-hybridized carbons (Fsp3) is 0.652. The van der Waals surface area contributed by atoms with E-state index in [1.54, 1.807) is 17.0 Å². The van der Waals surface area contributed by atoms with E-state index in [0.29, 0.717) is 44.3 Å². The Labute approximate surface area is 183 Å². The van der Waals surface area contributed by atoms with Gasteiger partial charge in [-0.15, -0.1) is 0 Å². The Morgan fingerprint density at radius 3 is 2.39 bits per heavy atom. The number of carbonyl (C=O) groups excluding carboxylic acids is 2. The summed E-state index contributed by atoms with van der Waals surface area (Å²) in [7, 11) is 0. The zero-order valence-electron chi connectivity index (χ0n) is 18.0. The van der Waals surface area contributed by atoms with Crippen molar-refractivity contribution in [1.82, 2.24) is 15.1 Å². The SMILES string of the molecule is O=C(NC[C@H]1CCCO1)[C@@H](C1CCCC1)N1CCN(C(=O)Nc2ccc(F)cc2)CC1. The van der Waals surface area contributed by atoms with Gasteiger partial charge in [0.1, 0.15) is 5.82 Å². The molecule has 3 amide bonds. The van der Waals surface area contributed by atoms with Crippen LogP contribution in [0.5, 0.6) is 0 Å². The molecule has 0 radical (unpaired) electrons. The number of carbonyl (C=O) groups is 2. The molecule has 2 heterocycles. The van der Waals surface area contributed by atoms with Crippen molar-refractivity contribution in [2.45, 2.75) is 50.7 Å². The van der Waals surface area contributed by atoms with E-state index < -0.39 is 0 Å². The van der Waals surface area contributed by atoms with Crippen LogP contribution in [0.2, 0.25) is 0 Å². The van der Waals surface area contributed by atoms with Gasteiger partial charge in [-0.25, -0.2) is 9.18 Å². The van der Waals surface area contributed by atoms with Crippen molar-refractivity contribution in [3.63, 3.8) is 0 Å². The number of urea groups is 1. The van der Waals surface area contributed by atoms with Crippen LogP contribution in [0.25, 0.3) is 0 Å². The van der Waals surface area contributed by atoms with Crippen LogP contribution in [-0.2, 0) is 9.53 Å². The van der Waals surface area contributed by atoms with Crippen molar-refractivity contribution < 1.29 is 18.7 Å². The highest BCUT2D eigenvalue weighted by atomic mass is 19.1. The first kappa shape index (κ1) is 22.0. The maximum absolute atomic E-state index is 13.1. The number of nitrogens with zero attached hydrogens (tertiary/aromatic N) is 2. The first-order chi connectivity index (χ1) is 15.1. The van der Waals surface area contributed by atoms with E-state index in [9.17, 15) is 14.0 Å². The number of nitrogens with one attached hydrogen (secondary N) is 2. The summed E-state index contributed by atoms with van der Waals surface area (Å²) in [6.07, 6.45) is 6.75. The minimum absolute atomic E-state index is 0.103. The highest BCUT2D eigenvalue weighted by Gasteiger charge is 2.37. The monoisotopic (exact) mass is 432 g/mol. The molecule has 7 nitrogen and oxygen atoms in total. The number of hydrogen-bond acceptors (Lipinski definition) is 4. The number of piperazine rings is 1. The fourth-order valence-electron chi connectivity index (χ4n) is 5.01. The topological polar surface area (TPSA) is 73.9 Å². The molecule has 8 heteroatoms. The zero-order chi connectivity index (χ0) is 21.6. The van der Waals surface area contributed by atoms with E-state index in [2.05, 4.69) is 15.5 Å². The summed E-state index contributed by atoms with van der Waals surface area (Å²) in [5, 5.41) is 5.96. The van der Waals surface area contributed by atoms with Crippen LogP contribution in [0.4, 0.5) is 14.9 Å². The predicted molar refractivity (Wildman–Crippen MR) is 116 cm³/mol. The summed E-state index contributed by atoms with van der Waals surface area (Å²) in [5.41, 5.74) is 0.575. The molecule has 170 valence electrons. The average molecular weight is 433 g/mol. The molecule has 2 aliphatic heterocycles. The molecular formula is C23H33FN4O3. The van der Waals surface area contributed by atoms with Gasteiger partial charge in [-0.3, -0.25) is 9.69 Å². The Bertz CT molecular complexity index is 740. The van der Waals surface area contributed by atoms with E-state index in [0.717, 1.165) is 32.3 Å². The van der Waals surface area contributed by atoms with Gasteiger partial charge in [0.05, 0.1) is 12.1 Å². The third-order valence-electron chi connectivity index (χ3n) is 6.73. The Kier molecular flexibility index (Phi) is 7.40. The second kappa shape index (κ2) is 10.4. The second-order valence-electron chi connectivity index (χ2n) is 8.83. The minimum atomic E-state index is -0.331. The molecule has 4 rings (SSSR count). The minimum Gasteiger partial charge on any atom is -0.376 e. The number of amides is 3. The molecule has 1 aromatic carbocycles. The van der Waals surface area contributed by atoms with E-state index in [1.165, 1.54) is 25.0 Å². The summed E-state index contributed by atoms with van der Waals surface area (Å²) < 4.78 is 18.7. The molecule has 2 saturated heterocycles. The molecule has 31 heavy (non-hydrogen) atoms. The smallest absolute Gasteiger partial charge is 0.321 e. The van der Waals surface area contributed by atoms with Gasteiger partial charge in [0.25, 0.3) is 0 Å². The molecule has 1 aromatic rings. The summed E-state index contributed by atoms with van der Waals surface area (Å²) >= 11 is 0. The van der Waals surface area contributed by atoms with Crippen molar-refractivity contribution in [1.29, 1.82) is 0 Å². The van der Waals surface area contributed by atoms with Crippen molar-refractivity contribution in [2.24, 2.45) is 5.92 Å². The molecule has 0 spiro atoms. The summed E-state index contributed by atoms with van der Waals surface area (Å²) in [4.78, 5) is 29.7. The van der Waals surface area contributed by atoms with Crippen LogP contribution in [-0.4, -0.2) is 73.2 Å². The van der Waals surface area contributed by atoms with E-state index in [1.807, 2.05) is 0 Å². The third-order valence-corrected chi connectivity index (χ3v) is 6.73. The lowest BCUT2D eigenvalue weighted by molar-refractivity contribution is -0.129. The second-order valence-corrected chi connectivity index (χ2v) is 8.83. The van der Waals surface area contributed by atoms with Gasteiger partial charge in [-0.1, -0.05) is 12.8 Å². The van der Waals surface area contributed by atoms with E-state index in [-0.39, 0.29) is 29.9 Å². The Morgan fingerprint density at radius 2 is 1.74 bits per heavy atom. The molecule has 0 bridgehead atoms. The molecular weight excluding hydrogens is 399 g/mol. The Balaban J connectivity index is 1.31. The Morgan fingerprint density at radius 1 is 1.03 bits per heavy atom. The van der Waals surface area contributed by atoms with Crippen LogP contribution < -0.4 is 10.6 Å². The molecule has 1 saturated carbocycles.